The lowest BCUT2D eigenvalue weighted by atomic mass is 10.1. The largest absolute Gasteiger partial charge is 0.481 e. The van der Waals surface area contributed by atoms with Gasteiger partial charge in [-0.25, -0.2) is 0 Å². The third-order valence-corrected chi connectivity index (χ3v) is 1.21. The third kappa shape index (κ3) is 4.19. The zero-order valence-electron chi connectivity index (χ0n) is 5.84. The van der Waals surface area contributed by atoms with Crippen molar-refractivity contribution in [3.05, 3.63) is 10.4 Å². The highest BCUT2D eigenvalue weighted by molar-refractivity contribution is 5.70. The number of hydrogen-bond donors (Lipinski definition) is 2. The van der Waals surface area contributed by atoms with Crippen LogP contribution in [-0.2, 0) is 4.79 Å². The van der Waals surface area contributed by atoms with Crippen LogP contribution in [0.4, 0.5) is 0 Å². The van der Waals surface area contributed by atoms with Crippen molar-refractivity contribution < 1.29 is 15.0 Å². The summed E-state index contributed by atoms with van der Waals surface area (Å²) >= 11 is 0. The molecule has 0 aromatic heterocycles. The summed E-state index contributed by atoms with van der Waals surface area (Å²) in [6.07, 6.45) is 0.176. The highest BCUT2D eigenvalue weighted by atomic mass is 16.4. The van der Waals surface area contributed by atoms with Crippen LogP contribution < -0.4 is 0 Å². The van der Waals surface area contributed by atoms with Gasteiger partial charge < -0.3 is 10.2 Å². The van der Waals surface area contributed by atoms with E-state index in [1.807, 2.05) is 0 Å². The molecule has 2 N–H and O–H groups in total. The number of carboxylic acid groups (broad SMARTS) is 1. The number of aliphatic hydroxyl groups excluding tert-OH is 1. The predicted molar refractivity (Wildman–Crippen MR) is 36.8 cm³/mol. The molecule has 0 aliphatic rings. The van der Waals surface area contributed by atoms with Crippen molar-refractivity contribution >= 4 is 5.97 Å². The first-order valence-corrected chi connectivity index (χ1v) is 3.07. The summed E-state index contributed by atoms with van der Waals surface area (Å²) in [7, 11) is 0. The van der Waals surface area contributed by atoms with E-state index >= 15 is 0 Å². The van der Waals surface area contributed by atoms with Crippen LogP contribution in [0.1, 0.15) is 6.42 Å². The average Bonchev–Trinajstić information content (AvgIpc) is 1.97. The molecule has 0 aromatic rings. The van der Waals surface area contributed by atoms with E-state index in [9.17, 15) is 4.79 Å². The quantitative estimate of drug-likeness (QED) is 0.344. The van der Waals surface area contributed by atoms with E-state index in [1.165, 1.54) is 0 Å². The second-order valence-corrected chi connectivity index (χ2v) is 1.96. The molecule has 0 saturated heterocycles. The van der Waals surface area contributed by atoms with Crippen LogP contribution in [0, 0.1) is 5.92 Å². The van der Waals surface area contributed by atoms with Crippen molar-refractivity contribution in [3.63, 3.8) is 0 Å². The van der Waals surface area contributed by atoms with Gasteiger partial charge in [-0.3, -0.25) is 4.79 Å². The molecule has 0 rings (SSSR count). The minimum Gasteiger partial charge on any atom is -0.481 e. The summed E-state index contributed by atoms with van der Waals surface area (Å²) in [5.74, 6) is -1.89. The lowest BCUT2D eigenvalue weighted by Crippen LogP contribution is -2.18. The first-order valence-electron chi connectivity index (χ1n) is 3.07. The molecule has 0 bridgehead atoms. The topological polar surface area (TPSA) is 106 Å². The zero-order valence-corrected chi connectivity index (χ0v) is 5.84. The SMILES string of the molecule is [N-]=[N+]=NCC[C@H](CO)C(=O)O. The van der Waals surface area contributed by atoms with Crippen molar-refractivity contribution in [2.24, 2.45) is 11.0 Å². The first kappa shape index (κ1) is 9.74. The zero-order chi connectivity index (χ0) is 8.69. The number of nitrogens with zero attached hydrogens (tertiary/aromatic N) is 3. The highest BCUT2D eigenvalue weighted by Crippen LogP contribution is 2.01. The van der Waals surface area contributed by atoms with Crippen molar-refractivity contribution in [2.45, 2.75) is 6.42 Å². The Hall–Kier alpha value is -1.26. The Morgan fingerprint density at radius 1 is 1.73 bits per heavy atom. The number of aliphatic carboxylic acids is 1. The van der Waals surface area contributed by atoms with E-state index in [4.69, 9.17) is 15.7 Å². The van der Waals surface area contributed by atoms with Gasteiger partial charge in [-0.1, -0.05) is 5.11 Å². The van der Waals surface area contributed by atoms with Gasteiger partial charge in [0.15, 0.2) is 0 Å². The summed E-state index contributed by atoms with van der Waals surface area (Å²) in [6.45, 7) is -0.315. The molecule has 0 radical (unpaired) electrons. The number of azide groups is 1. The van der Waals surface area contributed by atoms with Crippen LogP contribution in [0.3, 0.4) is 0 Å². The fourth-order valence-corrected chi connectivity index (χ4v) is 0.551. The number of carboxylic acids is 1. The molecular formula is C5H9N3O3. The first-order chi connectivity index (χ1) is 5.22. The van der Waals surface area contributed by atoms with Gasteiger partial charge >= 0.3 is 5.97 Å². The van der Waals surface area contributed by atoms with E-state index in [1.54, 1.807) is 0 Å². The van der Waals surface area contributed by atoms with Crippen LogP contribution in [0.5, 0.6) is 0 Å². The molecule has 0 amide bonds. The standard InChI is InChI=1S/C5H9N3O3/c6-8-7-2-1-4(3-9)5(10)11/h4,9H,1-3H2,(H,10,11)/t4-/m1/s1. The lowest BCUT2D eigenvalue weighted by Gasteiger charge is -2.04. The molecule has 0 fully saturated rings. The Morgan fingerprint density at radius 3 is 2.73 bits per heavy atom. The minimum atomic E-state index is -1.07. The molecule has 0 saturated carbocycles. The maximum Gasteiger partial charge on any atom is 0.308 e. The monoisotopic (exact) mass is 159 g/mol. The number of aliphatic hydroxyl groups is 1. The number of hydrogen-bond acceptors (Lipinski definition) is 3. The second-order valence-electron chi connectivity index (χ2n) is 1.96. The molecular weight excluding hydrogens is 150 g/mol. The second kappa shape index (κ2) is 5.52. The van der Waals surface area contributed by atoms with Gasteiger partial charge in [-0.05, 0) is 12.0 Å². The summed E-state index contributed by atoms with van der Waals surface area (Å²) in [6, 6.07) is 0. The molecule has 0 spiro atoms. The van der Waals surface area contributed by atoms with Crippen molar-refractivity contribution in [3.8, 4) is 0 Å². The Bertz CT molecular complexity index is 176. The average molecular weight is 159 g/mol. The predicted octanol–water partition coefficient (Wildman–Crippen LogP) is 0.380. The Balaban J connectivity index is 3.69. The van der Waals surface area contributed by atoms with Gasteiger partial charge in [0.2, 0.25) is 0 Å². The minimum absolute atomic E-state index is 0.105. The molecule has 0 aromatic carbocycles. The van der Waals surface area contributed by atoms with Gasteiger partial charge in [-0.15, -0.1) is 0 Å². The van der Waals surface area contributed by atoms with Crippen LogP contribution in [0.25, 0.3) is 10.4 Å². The summed E-state index contributed by atoms with van der Waals surface area (Å²) < 4.78 is 0. The fraction of sp³-hybridized carbons (Fsp3) is 0.800. The molecule has 62 valence electrons. The number of carbonyl (C=O) groups is 1. The maximum atomic E-state index is 10.2. The Morgan fingerprint density at radius 2 is 2.36 bits per heavy atom. The van der Waals surface area contributed by atoms with E-state index in [0.717, 1.165) is 0 Å². The van der Waals surface area contributed by atoms with Crippen LogP contribution >= 0.6 is 0 Å². The Labute approximate surface area is 63.1 Å². The molecule has 0 aliphatic carbocycles. The molecule has 0 unspecified atom stereocenters. The normalized spacial score (nSPS) is 11.7. The van der Waals surface area contributed by atoms with E-state index in [-0.39, 0.29) is 13.0 Å². The molecule has 11 heavy (non-hydrogen) atoms. The summed E-state index contributed by atoms with van der Waals surface area (Å²) in [4.78, 5) is 12.7. The number of rotatable bonds is 5. The van der Waals surface area contributed by atoms with Gasteiger partial charge in [0.25, 0.3) is 0 Å². The van der Waals surface area contributed by atoms with Crippen molar-refractivity contribution in [1.82, 2.24) is 0 Å². The van der Waals surface area contributed by atoms with E-state index in [0.29, 0.717) is 0 Å². The van der Waals surface area contributed by atoms with E-state index < -0.39 is 18.5 Å². The maximum absolute atomic E-state index is 10.2. The highest BCUT2D eigenvalue weighted by Gasteiger charge is 2.14. The molecule has 0 aliphatic heterocycles. The van der Waals surface area contributed by atoms with Gasteiger partial charge in [0.1, 0.15) is 0 Å². The summed E-state index contributed by atoms with van der Waals surface area (Å²) in [5, 5.41) is 20.0. The summed E-state index contributed by atoms with van der Waals surface area (Å²) in [5.41, 5.74) is 7.84. The van der Waals surface area contributed by atoms with Gasteiger partial charge in [0, 0.05) is 11.5 Å². The smallest absolute Gasteiger partial charge is 0.308 e. The van der Waals surface area contributed by atoms with E-state index in [2.05, 4.69) is 10.0 Å². The van der Waals surface area contributed by atoms with Gasteiger partial charge in [-0.2, -0.15) is 0 Å². The van der Waals surface area contributed by atoms with Crippen LogP contribution in [-0.4, -0.2) is 29.3 Å². The van der Waals surface area contributed by atoms with Crippen molar-refractivity contribution in [1.29, 1.82) is 0 Å². The molecule has 1 atom stereocenters. The Kier molecular flexibility index (Phi) is 4.89. The fourth-order valence-electron chi connectivity index (χ4n) is 0.551. The molecule has 6 nitrogen and oxygen atoms in total. The van der Waals surface area contributed by atoms with Crippen LogP contribution in [0.15, 0.2) is 5.11 Å². The molecule has 0 heterocycles. The van der Waals surface area contributed by atoms with Crippen LogP contribution in [0.2, 0.25) is 0 Å². The third-order valence-electron chi connectivity index (χ3n) is 1.21. The molecule has 6 heteroatoms. The van der Waals surface area contributed by atoms with Gasteiger partial charge in [0.05, 0.1) is 12.5 Å². The van der Waals surface area contributed by atoms with Crippen molar-refractivity contribution in [2.75, 3.05) is 13.2 Å². The lowest BCUT2D eigenvalue weighted by molar-refractivity contribution is -0.143.